The average molecular weight is 378 g/mol. The lowest BCUT2D eigenvalue weighted by atomic mass is 9.85. The lowest BCUT2D eigenvalue weighted by molar-refractivity contribution is -0.158. The number of ether oxygens (including phenoxy) is 1. The molecule has 2 rings (SSSR count). The number of rotatable bonds is 3. The lowest BCUT2D eigenvalue weighted by Crippen LogP contribution is -2.38. The third-order valence-electron chi connectivity index (χ3n) is 3.74. The minimum Gasteiger partial charge on any atom is -0.466 e. The zero-order chi connectivity index (χ0) is 19.8. The Balaban J connectivity index is 2.54. The van der Waals surface area contributed by atoms with Gasteiger partial charge in [-0.3, -0.25) is 0 Å². The van der Waals surface area contributed by atoms with Gasteiger partial charge in [0, 0.05) is 0 Å². The summed E-state index contributed by atoms with van der Waals surface area (Å²) in [5, 5.41) is 10.8. The molecule has 0 amide bonds. The molecule has 0 atom stereocenters. The number of halogens is 6. The van der Waals surface area contributed by atoms with Crippen molar-refractivity contribution in [3.8, 4) is 0 Å². The van der Waals surface area contributed by atoms with Gasteiger partial charge in [0.2, 0.25) is 5.60 Å². The average Bonchev–Trinajstić information content (AvgIpc) is 2.59. The van der Waals surface area contributed by atoms with Crippen LogP contribution in [0.2, 0.25) is 0 Å². The summed E-state index contributed by atoms with van der Waals surface area (Å²) < 4.78 is 80.4. The van der Waals surface area contributed by atoms with Crippen LogP contribution in [0.1, 0.15) is 22.3 Å². The third-order valence-corrected chi connectivity index (χ3v) is 3.74. The Morgan fingerprint density at radius 1 is 0.731 bits per heavy atom. The van der Waals surface area contributed by atoms with Crippen LogP contribution in [0.3, 0.4) is 0 Å². The predicted octanol–water partition coefficient (Wildman–Crippen LogP) is 4.13. The smallest absolute Gasteiger partial charge is 0.416 e. The molecule has 0 saturated carbocycles. The molecule has 140 valence electrons. The van der Waals surface area contributed by atoms with Gasteiger partial charge >= 0.3 is 18.3 Å². The van der Waals surface area contributed by atoms with Crippen LogP contribution in [0.5, 0.6) is 0 Å². The number of aliphatic hydroxyl groups is 1. The van der Waals surface area contributed by atoms with Crippen molar-refractivity contribution in [1.29, 1.82) is 0 Å². The summed E-state index contributed by atoms with van der Waals surface area (Å²) in [5.74, 6) is -1.25. The molecule has 0 aromatic heterocycles. The van der Waals surface area contributed by atoms with Crippen LogP contribution in [-0.4, -0.2) is 18.2 Å². The molecule has 0 heterocycles. The highest BCUT2D eigenvalue weighted by molar-refractivity contribution is 5.85. The zero-order valence-corrected chi connectivity index (χ0v) is 13.2. The van der Waals surface area contributed by atoms with E-state index >= 15 is 0 Å². The zero-order valence-electron chi connectivity index (χ0n) is 13.2. The largest absolute Gasteiger partial charge is 0.466 e. The fraction of sp³-hybridized carbons (Fsp3) is 0.235. The topological polar surface area (TPSA) is 46.5 Å². The van der Waals surface area contributed by atoms with Crippen molar-refractivity contribution in [3.63, 3.8) is 0 Å². The van der Waals surface area contributed by atoms with E-state index in [0.29, 0.717) is 24.3 Å². The minimum atomic E-state index is -4.63. The van der Waals surface area contributed by atoms with Gasteiger partial charge in [0.15, 0.2) is 0 Å². The van der Waals surface area contributed by atoms with Crippen molar-refractivity contribution < 1.29 is 41.0 Å². The maximum absolute atomic E-state index is 12.7. The standard InChI is InChI=1S/C17H12F6O3/c1-26-14(24)15(25,10-2-6-12(7-3-10)16(18,19)20)11-4-8-13(9-5-11)17(21,22)23/h2-9,25H,1H3. The molecule has 2 aromatic carbocycles. The quantitative estimate of drug-likeness (QED) is 0.645. The van der Waals surface area contributed by atoms with Crippen LogP contribution in [0.4, 0.5) is 26.3 Å². The normalized spacial score (nSPS) is 12.8. The van der Waals surface area contributed by atoms with Crippen LogP contribution in [0, 0.1) is 0 Å². The molecule has 2 aromatic rings. The van der Waals surface area contributed by atoms with Gasteiger partial charge in [-0.05, 0) is 35.4 Å². The van der Waals surface area contributed by atoms with Crippen molar-refractivity contribution in [2.24, 2.45) is 0 Å². The fourth-order valence-electron chi connectivity index (χ4n) is 2.35. The van der Waals surface area contributed by atoms with E-state index in [1.54, 1.807) is 0 Å². The SMILES string of the molecule is COC(=O)C(O)(c1ccc(C(F)(F)F)cc1)c1ccc(C(F)(F)F)cc1. The molecule has 0 unspecified atom stereocenters. The predicted molar refractivity (Wildman–Crippen MR) is 77.9 cm³/mol. The summed E-state index contributed by atoms with van der Waals surface area (Å²) in [7, 11) is 0.932. The number of hydrogen-bond acceptors (Lipinski definition) is 3. The van der Waals surface area contributed by atoms with Crippen molar-refractivity contribution >= 4 is 5.97 Å². The second-order valence-corrected chi connectivity index (χ2v) is 5.35. The van der Waals surface area contributed by atoms with Gasteiger partial charge in [0.05, 0.1) is 18.2 Å². The fourth-order valence-corrected chi connectivity index (χ4v) is 2.35. The summed E-state index contributed by atoms with van der Waals surface area (Å²) in [6.07, 6.45) is -9.26. The summed E-state index contributed by atoms with van der Waals surface area (Å²) in [5.41, 5.74) is -5.15. The Hall–Kier alpha value is -2.55. The molecule has 3 nitrogen and oxygen atoms in total. The van der Waals surface area contributed by atoms with E-state index < -0.39 is 35.0 Å². The van der Waals surface area contributed by atoms with Gasteiger partial charge in [0.1, 0.15) is 0 Å². The first-order valence-electron chi connectivity index (χ1n) is 7.07. The second-order valence-electron chi connectivity index (χ2n) is 5.35. The Morgan fingerprint density at radius 2 is 1.00 bits per heavy atom. The van der Waals surface area contributed by atoms with E-state index in [1.807, 2.05) is 0 Å². The van der Waals surface area contributed by atoms with Crippen molar-refractivity contribution in [3.05, 3.63) is 70.8 Å². The lowest BCUT2D eigenvalue weighted by Gasteiger charge is -2.27. The summed E-state index contributed by atoms with van der Waals surface area (Å²) in [4.78, 5) is 12.1. The highest BCUT2D eigenvalue weighted by atomic mass is 19.4. The first-order valence-corrected chi connectivity index (χ1v) is 7.07. The molecule has 0 saturated heterocycles. The number of methoxy groups -OCH3 is 1. The molecule has 0 aliphatic heterocycles. The molecular formula is C17H12F6O3. The number of benzene rings is 2. The van der Waals surface area contributed by atoms with Crippen molar-refractivity contribution in [2.75, 3.05) is 7.11 Å². The van der Waals surface area contributed by atoms with E-state index in [2.05, 4.69) is 4.74 Å². The molecule has 1 N–H and O–H groups in total. The molecule has 0 aliphatic carbocycles. The Morgan fingerprint density at radius 3 is 1.23 bits per heavy atom. The van der Waals surface area contributed by atoms with Gasteiger partial charge in [-0.25, -0.2) is 4.79 Å². The van der Waals surface area contributed by atoms with E-state index in [-0.39, 0.29) is 11.1 Å². The van der Waals surface area contributed by atoms with Crippen molar-refractivity contribution in [2.45, 2.75) is 18.0 Å². The maximum Gasteiger partial charge on any atom is 0.416 e. The minimum absolute atomic E-state index is 0.280. The van der Waals surface area contributed by atoms with E-state index in [4.69, 9.17) is 0 Å². The number of alkyl halides is 6. The molecule has 0 aliphatic rings. The van der Waals surface area contributed by atoms with Crippen LogP contribution in [0.15, 0.2) is 48.5 Å². The highest BCUT2D eigenvalue weighted by Crippen LogP contribution is 2.36. The van der Waals surface area contributed by atoms with Gasteiger partial charge in [-0.2, -0.15) is 26.3 Å². The molecule has 9 heteroatoms. The number of hydrogen-bond donors (Lipinski definition) is 1. The Labute approximate surface area is 143 Å². The van der Waals surface area contributed by atoms with Crippen LogP contribution in [0.25, 0.3) is 0 Å². The maximum atomic E-state index is 12.7. The van der Waals surface area contributed by atoms with Crippen LogP contribution >= 0.6 is 0 Å². The van der Waals surface area contributed by atoms with Crippen LogP contribution in [-0.2, 0) is 27.5 Å². The van der Waals surface area contributed by atoms with Gasteiger partial charge < -0.3 is 9.84 Å². The summed E-state index contributed by atoms with van der Waals surface area (Å²) in [6, 6.07) is 6.02. The molecule has 0 radical (unpaired) electrons. The Kier molecular flexibility index (Phi) is 5.05. The molecule has 0 spiro atoms. The van der Waals surface area contributed by atoms with E-state index in [9.17, 15) is 36.2 Å². The van der Waals surface area contributed by atoms with Gasteiger partial charge in [-0.1, -0.05) is 24.3 Å². The number of carbonyl (C=O) groups is 1. The highest BCUT2D eigenvalue weighted by Gasteiger charge is 2.42. The molecule has 26 heavy (non-hydrogen) atoms. The summed E-state index contributed by atoms with van der Waals surface area (Å²) in [6.45, 7) is 0. The van der Waals surface area contributed by atoms with Crippen LogP contribution < -0.4 is 0 Å². The van der Waals surface area contributed by atoms with E-state index in [1.165, 1.54) is 0 Å². The monoisotopic (exact) mass is 378 g/mol. The second kappa shape index (κ2) is 6.64. The molecular weight excluding hydrogens is 366 g/mol. The third kappa shape index (κ3) is 3.67. The molecule has 0 bridgehead atoms. The first kappa shape index (κ1) is 19.8. The van der Waals surface area contributed by atoms with E-state index in [0.717, 1.165) is 31.4 Å². The first-order chi connectivity index (χ1) is 11.9. The number of esters is 1. The Bertz CT molecular complexity index is 719. The number of carbonyl (C=O) groups excluding carboxylic acids is 1. The summed E-state index contributed by atoms with van der Waals surface area (Å²) >= 11 is 0. The molecule has 0 fully saturated rings. The van der Waals surface area contributed by atoms with Gasteiger partial charge in [-0.15, -0.1) is 0 Å². The van der Waals surface area contributed by atoms with Crippen molar-refractivity contribution in [1.82, 2.24) is 0 Å². The van der Waals surface area contributed by atoms with Gasteiger partial charge in [0.25, 0.3) is 0 Å².